The summed E-state index contributed by atoms with van der Waals surface area (Å²) in [6.45, 7) is 3.90. The van der Waals surface area contributed by atoms with Gasteiger partial charge in [-0.2, -0.15) is 5.10 Å². The van der Waals surface area contributed by atoms with Crippen LogP contribution in [0.5, 0.6) is 5.75 Å². The maximum Gasteiger partial charge on any atom is 0.262 e. The van der Waals surface area contributed by atoms with E-state index >= 15 is 0 Å². The normalized spacial score (nSPS) is 12.0. The molecule has 2 amide bonds. The number of ether oxygens (including phenoxy) is 1. The van der Waals surface area contributed by atoms with Crippen molar-refractivity contribution in [3.05, 3.63) is 97.7 Å². The van der Waals surface area contributed by atoms with Crippen LogP contribution in [-0.2, 0) is 11.4 Å². The van der Waals surface area contributed by atoms with E-state index in [1.165, 1.54) is 30.5 Å². The first kappa shape index (κ1) is 27.6. The second kappa shape index (κ2) is 12.9. The van der Waals surface area contributed by atoms with Gasteiger partial charge in [0.15, 0.2) is 0 Å². The number of rotatable bonds is 9. The number of hydrogen-bond donors (Lipinski definition) is 2. The van der Waals surface area contributed by atoms with E-state index in [1.807, 2.05) is 6.07 Å². The SMILES string of the molecule is CC(C)C(NC(=O)c1ccc(F)cc1)C(=O)NN=Cc1ccc(OCc2ccc(Cl)c(Cl)c2)c(Br)c1. The van der Waals surface area contributed by atoms with Crippen LogP contribution >= 0.6 is 39.1 Å². The van der Waals surface area contributed by atoms with Gasteiger partial charge < -0.3 is 10.1 Å². The number of hydrazone groups is 1. The van der Waals surface area contributed by atoms with Crippen molar-refractivity contribution in [2.45, 2.75) is 26.5 Å². The number of amides is 2. The summed E-state index contributed by atoms with van der Waals surface area (Å²) >= 11 is 15.4. The highest BCUT2D eigenvalue weighted by Crippen LogP contribution is 2.28. The lowest BCUT2D eigenvalue weighted by atomic mass is 10.0. The Morgan fingerprint density at radius 1 is 1.06 bits per heavy atom. The summed E-state index contributed by atoms with van der Waals surface area (Å²) < 4.78 is 19.6. The van der Waals surface area contributed by atoms with Crippen molar-refractivity contribution in [1.82, 2.24) is 10.7 Å². The Labute approximate surface area is 227 Å². The summed E-state index contributed by atoms with van der Waals surface area (Å²) in [4.78, 5) is 25.1. The third kappa shape index (κ3) is 7.78. The molecule has 2 N–H and O–H groups in total. The summed E-state index contributed by atoms with van der Waals surface area (Å²) in [6.07, 6.45) is 1.48. The fourth-order valence-electron chi connectivity index (χ4n) is 3.11. The molecule has 0 saturated carbocycles. The highest BCUT2D eigenvalue weighted by Gasteiger charge is 2.24. The molecule has 0 aliphatic rings. The fourth-order valence-corrected chi connectivity index (χ4v) is 3.94. The van der Waals surface area contributed by atoms with Gasteiger partial charge in [-0.05, 0) is 87.6 Å². The second-order valence-corrected chi connectivity index (χ2v) is 9.83. The zero-order valence-corrected chi connectivity index (χ0v) is 22.5. The van der Waals surface area contributed by atoms with Crippen LogP contribution in [0.15, 0.2) is 70.2 Å². The van der Waals surface area contributed by atoms with Gasteiger partial charge in [0.25, 0.3) is 11.8 Å². The molecule has 188 valence electrons. The molecule has 10 heteroatoms. The molecule has 3 aromatic rings. The van der Waals surface area contributed by atoms with Crippen LogP contribution in [0, 0.1) is 11.7 Å². The van der Waals surface area contributed by atoms with Crippen LogP contribution < -0.4 is 15.5 Å². The van der Waals surface area contributed by atoms with Crippen molar-refractivity contribution < 1.29 is 18.7 Å². The molecule has 36 heavy (non-hydrogen) atoms. The number of halogens is 4. The number of carbonyl (C=O) groups is 2. The summed E-state index contributed by atoms with van der Waals surface area (Å²) in [5, 5.41) is 7.61. The molecule has 1 unspecified atom stereocenters. The third-order valence-corrected chi connectivity index (χ3v) is 6.42. The van der Waals surface area contributed by atoms with Crippen LogP contribution in [0.2, 0.25) is 10.0 Å². The van der Waals surface area contributed by atoms with Crippen molar-refractivity contribution in [2.24, 2.45) is 11.0 Å². The van der Waals surface area contributed by atoms with E-state index in [0.717, 1.165) is 5.56 Å². The molecule has 0 heterocycles. The monoisotopic (exact) mass is 593 g/mol. The predicted molar refractivity (Wildman–Crippen MR) is 143 cm³/mol. The van der Waals surface area contributed by atoms with Crippen molar-refractivity contribution in [3.8, 4) is 5.75 Å². The molecular weight excluding hydrogens is 572 g/mol. The summed E-state index contributed by atoms with van der Waals surface area (Å²) in [6, 6.07) is 14.9. The standard InChI is InChI=1S/C26H23BrCl2FN3O3/c1-15(2)24(32-25(34)18-5-7-19(30)8-6-18)26(35)33-31-13-16-4-10-23(20(27)11-16)36-14-17-3-9-21(28)22(29)12-17/h3-13,15,24H,14H2,1-2H3,(H,32,34)(H,33,35). The molecule has 1 atom stereocenters. The van der Waals surface area contributed by atoms with Gasteiger partial charge in [0, 0.05) is 5.56 Å². The van der Waals surface area contributed by atoms with Gasteiger partial charge in [0.1, 0.15) is 24.2 Å². The van der Waals surface area contributed by atoms with Gasteiger partial charge >= 0.3 is 0 Å². The number of nitrogens with zero attached hydrogens (tertiary/aromatic N) is 1. The van der Waals surface area contributed by atoms with E-state index in [1.54, 1.807) is 44.2 Å². The predicted octanol–water partition coefficient (Wildman–Crippen LogP) is 6.38. The third-order valence-electron chi connectivity index (χ3n) is 5.06. The topological polar surface area (TPSA) is 79.8 Å². The summed E-state index contributed by atoms with van der Waals surface area (Å²) in [5.74, 6) is -0.987. The minimum absolute atomic E-state index is 0.203. The first-order valence-electron chi connectivity index (χ1n) is 10.9. The molecule has 0 radical (unpaired) electrons. The van der Waals surface area contributed by atoms with Crippen LogP contribution in [0.25, 0.3) is 0 Å². The van der Waals surface area contributed by atoms with E-state index in [9.17, 15) is 14.0 Å². The Balaban J connectivity index is 1.57. The smallest absolute Gasteiger partial charge is 0.262 e. The van der Waals surface area contributed by atoms with Crippen LogP contribution in [0.3, 0.4) is 0 Å². The lowest BCUT2D eigenvalue weighted by Gasteiger charge is -2.20. The zero-order valence-electron chi connectivity index (χ0n) is 19.4. The molecule has 0 fully saturated rings. The summed E-state index contributed by atoms with van der Waals surface area (Å²) in [7, 11) is 0. The average Bonchev–Trinajstić information content (AvgIpc) is 2.84. The zero-order chi connectivity index (χ0) is 26.2. The van der Waals surface area contributed by atoms with Gasteiger partial charge in [-0.3, -0.25) is 9.59 Å². The summed E-state index contributed by atoms with van der Waals surface area (Å²) in [5.41, 5.74) is 4.29. The van der Waals surface area contributed by atoms with Crippen molar-refractivity contribution in [1.29, 1.82) is 0 Å². The van der Waals surface area contributed by atoms with E-state index in [-0.39, 0.29) is 11.5 Å². The van der Waals surface area contributed by atoms with Gasteiger partial charge in [-0.25, -0.2) is 9.82 Å². The van der Waals surface area contributed by atoms with Crippen LogP contribution in [0.1, 0.15) is 35.3 Å². The van der Waals surface area contributed by atoms with Gasteiger partial charge in [0.2, 0.25) is 0 Å². The Morgan fingerprint density at radius 2 is 1.78 bits per heavy atom. The number of carbonyl (C=O) groups excluding carboxylic acids is 2. The lowest BCUT2D eigenvalue weighted by molar-refractivity contribution is -0.123. The Morgan fingerprint density at radius 3 is 2.42 bits per heavy atom. The minimum atomic E-state index is -0.830. The van der Waals surface area contributed by atoms with Crippen LogP contribution in [-0.4, -0.2) is 24.1 Å². The lowest BCUT2D eigenvalue weighted by Crippen LogP contribution is -2.48. The Kier molecular flexibility index (Phi) is 9.87. The molecule has 0 spiro atoms. The quantitative estimate of drug-likeness (QED) is 0.223. The fraction of sp³-hybridized carbons (Fsp3) is 0.192. The number of nitrogens with one attached hydrogen (secondary N) is 2. The number of benzene rings is 3. The molecule has 0 saturated heterocycles. The van der Waals surface area contributed by atoms with Gasteiger partial charge in [-0.1, -0.05) is 43.1 Å². The molecule has 0 aromatic heterocycles. The van der Waals surface area contributed by atoms with Gasteiger partial charge in [0.05, 0.1) is 20.7 Å². The highest BCUT2D eigenvalue weighted by molar-refractivity contribution is 9.10. The van der Waals surface area contributed by atoms with Gasteiger partial charge in [-0.15, -0.1) is 0 Å². The molecule has 0 aliphatic heterocycles. The maximum absolute atomic E-state index is 13.1. The van der Waals surface area contributed by atoms with E-state index in [4.69, 9.17) is 27.9 Å². The Bertz CT molecular complexity index is 1270. The van der Waals surface area contributed by atoms with Crippen LogP contribution in [0.4, 0.5) is 4.39 Å². The van der Waals surface area contributed by atoms with Crippen molar-refractivity contribution >= 4 is 57.2 Å². The highest BCUT2D eigenvalue weighted by atomic mass is 79.9. The average molecular weight is 595 g/mol. The first-order valence-corrected chi connectivity index (χ1v) is 12.4. The molecule has 0 bridgehead atoms. The largest absolute Gasteiger partial charge is 0.488 e. The number of hydrogen-bond acceptors (Lipinski definition) is 4. The molecule has 6 nitrogen and oxygen atoms in total. The minimum Gasteiger partial charge on any atom is -0.488 e. The molecule has 3 aromatic carbocycles. The van der Waals surface area contributed by atoms with Crippen molar-refractivity contribution in [2.75, 3.05) is 0 Å². The van der Waals surface area contributed by atoms with E-state index in [2.05, 4.69) is 31.8 Å². The molecule has 0 aliphatic carbocycles. The second-order valence-electron chi connectivity index (χ2n) is 8.16. The Hall–Kier alpha value is -2.94. The molecular formula is C26H23BrCl2FN3O3. The van der Waals surface area contributed by atoms with Crippen molar-refractivity contribution in [3.63, 3.8) is 0 Å². The maximum atomic E-state index is 13.1. The van der Waals surface area contributed by atoms with E-state index in [0.29, 0.717) is 32.4 Å². The molecule has 3 rings (SSSR count). The first-order chi connectivity index (χ1) is 17.1. The van der Waals surface area contributed by atoms with E-state index < -0.39 is 23.7 Å².